The Morgan fingerprint density at radius 3 is 2.43 bits per heavy atom. The van der Waals surface area contributed by atoms with Crippen molar-refractivity contribution < 1.29 is 14.7 Å². The molecule has 0 aliphatic carbocycles. The second-order valence-electron chi connectivity index (χ2n) is 4.53. The SMILES string of the molecule is Cc1ccc(C(=O)O)cc1NC(=O)c1ccc(N)c(Cl)c1. The maximum Gasteiger partial charge on any atom is 0.335 e. The molecule has 2 aromatic rings. The van der Waals surface area contributed by atoms with Crippen LogP contribution in [0.3, 0.4) is 0 Å². The topological polar surface area (TPSA) is 92.4 Å². The average Bonchev–Trinajstić information content (AvgIpc) is 2.43. The van der Waals surface area contributed by atoms with E-state index in [1.807, 2.05) is 0 Å². The number of aryl methyl sites for hydroxylation is 1. The van der Waals surface area contributed by atoms with E-state index in [1.54, 1.807) is 19.1 Å². The number of carbonyl (C=O) groups is 2. The van der Waals surface area contributed by atoms with Crippen molar-refractivity contribution in [3.63, 3.8) is 0 Å². The van der Waals surface area contributed by atoms with Crippen LogP contribution < -0.4 is 11.1 Å². The Bertz CT molecular complexity index is 729. The molecule has 0 aromatic heterocycles. The molecule has 4 N–H and O–H groups in total. The predicted octanol–water partition coefficient (Wildman–Crippen LogP) is 3.18. The summed E-state index contributed by atoms with van der Waals surface area (Å²) < 4.78 is 0. The van der Waals surface area contributed by atoms with E-state index < -0.39 is 5.97 Å². The lowest BCUT2D eigenvalue weighted by molar-refractivity contribution is 0.0696. The summed E-state index contributed by atoms with van der Waals surface area (Å²) in [6, 6.07) is 9.07. The number of halogens is 1. The van der Waals surface area contributed by atoms with E-state index in [0.29, 0.717) is 22.0 Å². The molecular weight excluding hydrogens is 292 g/mol. The predicted molar refractivity (Wildman–Crippen MR) is 82.0 cm³/mol. The molecule has 5 nitrogen and oxygen atoms in total. The van der Waals surface area contributed by atoms with E-state index >= 15 is 0 Å². The average molecular weight is 305 g/mol. The van der Waals surface area contributed by atoms with Gasteiger partial charge >= 0.3 is 5.97 Å². The summed E-state index contributed by atoms with van der Waals surface area (Å²) in [4.78, 5) is 23.1. The minimum atomic E-state index is -1.05. The number of nitrogen functional groups attached to an aromatic ring is 1. The van der Waals surface area contributed by atoms with Crippen LogP contribution in [0, 0.1) is 6.92 Å². The van der Waals surface area contributed by atoms with Crippen molar-refractivity contribution in [3.05, 3.63) is 58.1 Å². The molecule has 0 unspecified atom stereocenters. The number of hydrogen-bond acceptors (Lipinski definition) is 3. The van der Waals surface area contributed by atoms with Gasteiger partial charge in [0.25, 0.3) is 5.91 Å². The highest BCUT2D eigenvalue weighted by atomic mass is 35.5. The number of carboxylic acid groups (broad SMARTS) is 1. The van der Waals surface area contributed by atoms with E-state index in [1.165, 1.54) is 24.3 Å². The fourth-order valence-corrected chi connectivity index (χ4v) is 1.93. The highest BCUT2D eigenvalue weighted by molar-refractivity contribution is 6.33. The third-order valence-electron chi connectivity index (χ3n) is 3.00. The maximum absolute atomic E-state index is 12.2. The third kappa shape index (κ3) is 3.32. The first kappa shape index (κ1) is 14.9. The van der Waals surface area contributed by atoms with Crippen LogP contribution in [0.5, 0.6) is 0 Å². The Labute approximate surface area is 126 Å². The fraction of sp³-hybridized carbons (Fsp3) is 0.0667. The Morgan fingerprint density at radius 1 is 1.14 bits per heavy atom. The molecule has 0 bridgehead atoms. The van der Waals surface area contributed by atoms with Gasteiger partial charge in [0.2, 0.25) is 0 Å². The molecule has 0 heterocycles. The first-order valence-electron chi connectivity index (χ1n) is 6.09. The monoisotopic (exact) mass is 304 g/mol. The summed E-state index contributed by atoms with van der Waals surface area (Å²) in [5.74, 6) is -1.44. The second kappa shape index (κ2) is 5.85. The van der Waals surface area contributed by atoms with Gasteiger partial charge < -0.3 is 16.2 Å². The molecular formula is C15H13ClN2O3. The number of anilines is 2. The molecule has 0 saturated heterocycles. The molecule has 0 atom stereocenters. The lowest BCUT2D eigenvalue weighted by atomic mass is 10.1. The van der Waals surface area contributed by atoms with E-state index in [2.05, 4.69) is 5.32 Å². The number of rotatable bonds is 3. The van der Waals surface area contributed by atoms with Gasteiger partial charge in [-0.25, -0.2) is 4.79 Å². The summed E-state index contributed by atoms with van der Waals surface area (Å²) in [5.41, 5.74) is 7.62. The van der Waals surface area contributed by atoms with Crippen molar-refractivity contribution in [2.45, 2.75) is 6.92 Å². The van der Waals surface area contributed by atoms with Crippen LogP contribution in [0.25, 0.3) is 0 Å². The maximum atomic E-state index is 12.2. The molecule has 0 aliphatic rings. The molecule has 2 aromatic carbocycles. The standard InChI is InChI=1S/C15H13ClN2O3/c1-8-2-3-10(15(20)21)7-13(8)18-14(19)9-4-5-12(17)11(16)6-9/h2-7H,17H2,1H3,(H,18,19)(H,20,21). The van der Waals surface area contributed by atoms with Crippen molar-refractivity contribution in [3.8, 4) is 0 Å². The number of carbonyl (C=O) groups excluding carboxylic acids is 1. The Kier molecular flexibility index (Phi) is 4.14. The summed E-state index contributed by atoms with van der Waals surface area (Å²) in [7, 11) is 0. The van der Waals surface area contributed by atoms with Crippen LogP contribution in [-0.4, -0.2) is 17.0 Å². The molecule has 0 saturated carbocycles. The van der Waals surface area contributed by atoms with Gasteiger partial charge in [0.05, 0.1) is 16.3 Å². The number of nitrogens with two attached hydrogens (primary N) is 1. The number of amides is 1. The van der Waals surface area contributed by atoms with Gasteiger partial charge in [-0.3, -0.25) is 4.79 Å². The quantitative estimate of drug-likeness (QED) is 0.759. The molecule has 108 valence electrons. The minimum Gasteiger partial charge on any atom is -0.478 e. The first-order valence-corrected chi connectivity index (χ1v) is 6.46. The molecule has 0 radical (unpaired) electrons. The second-order valence-corrected chi connectivity index (χ2v) is 4.93. The fourth-order valence-electron chi connectivity index (χ4n) is 1.75. The van der Waals surface area contributed by atoms with Gasteiger partial charge in [-0.1, -0.05) is 17.7 Å². The molecule has 1 amide bonds. The minimum absolute atomic E-state index is 0.103. The van der Waals surface area contributed by atoms with Crippen molar-refractivity contribution in [2.24, 2.45) is 0 Å². The molecule has 0 fully saturated rings. The summed E-state index contributed by atoms with van der Waals surface area (Å²) in [5, 5.41) is 11.9. The molecule has 6 heteroatoms. The molecule has 21 heavy (non-hydrogen) atoms. The molecule has 0 aliphatic heterocycles. The van der Waals surface area contributed by atoms with Crippen LogP contribution in [0.1, 0.15) is 26.3 Å². The van der Waals surface area contributed by atoms with E-state index in [0.717, 1.165) is 5.56 Å². The lowest BCUT2D eigenvalue weighted by Gasteiger charge is -2.10. The highest BCUT2D eigenvalue weighted by Gasteiger charge is 2.11. The Hall–Kier alpha value is -2.53. The molecule has 2 rings (SSSR count). The number of hydrogen-bond donors (Lipinski definition) is 3. The molecule has 0 spiro atoms. The van der Waals surface area contributed by atoms with Crippen LogP contribution >= 0.6 is 11.6 Å². The van der Waals surface area contributed by atoms with Crippen LogP contribution in [0.15, 0.2) is 36.4 Å². The summed E-state index contributed by atoms with van der Waals surface area (Å²) in [6.07, 6.45) is 0. The van der Waals surface area contributed by atoms with Gasteiger partial charge in [-0.2, -0.15) is 0 Å². The van der Waals surface area contributed by atoms with Crippen LogP contribution in [0.4, 0.5) is 11.4 Å². The first-order chi connectivity index (χ1) is 9.88. The van der Waals surface area contributed by atoms with Gasteiger partial charge in [0.1, 0.15) is 0 Å². The number of aromatic carboxylic acids is 1. The Morgan fingerprint density at radius 2 is 1.81 bits per heavy atom. The number of benzene rings is 2. The van der Waals surface area contributed by atoms with Crippen molar-refractivity contribution >= 4 is 34.9 Å². The largest absolute Gasteiger partial charge is 0.478 e. The van der Waals surface area contributed by atoms with Gasteiger partial charge in [0, 0.05) is 11.3 Å². The highest BCUT2D eigenvalue weighted by Crippen LogP contribution is 2.22. The van der Waals surface area contributed by atoms with E-state index in [4.69, 9.17) is 22.4 Å². The third-order valence-corrected chi connectivity index (χ3v) is 3.32. The Balaban J connectivity index is 2.28. The lowest BCUT2D eigenvalue weighted by Crippen LogP contribution is -2.13. The van der Waals surface area contributed by atoms with E-state index in [9.17, 15) is 9.59 Å². The van der Waals surface area contributed by atoms with Gasteiger partial charge in [-0.05, 0) is 42.8 Å². The smallest absolute Gasteiger partial charge is 0.335 e. The number of carboxylic acids is 1. The van der Waals surface area contributed by atoms with Crippen molar-refractivity contribution in [1.29, 1.82) is 0 Å². The van der Waals surface area contributed by atoms with Gasteiger partial charge in [0.15, 0.2) is 0 Å². The zero-order valence-electron chi connectivity index (χ0n) is 11.2. The zero-order chi connectivity index (χ0) is 15.6. The van der Waals surface area contributed by atoms with E-state index in [-0.39, 0.29) is 11.5 Å². The number of nitrogens with one attached hydrogen (secondary N) is 1. The van der Waals surface area contributed by atoms with Crippen LogP contribution in [-0.2, 0) is 0 Å². The van der Waals surface area contributed by atoms with Crippen molar-refractivity contribution in [2.75, 3.05) is 11.1 Å². The summed E-state index contributed by atoms with van der Waals surface area (Å²) >= 11 is 5.88. The normalized spacial score (nSPS) is 10.2. The van der Waals surface area contributed by atoms with Gasteiger partial charge in [-0.15, -0.1) is 0 Å². The zero-order valence-corrected chi connectivity index (χ0v) is 11.9. The van der Waals surface area contributed by atoms with Crippen molar-refractivity contribution in [1.82, 2.24) is 0 Å². The van der Waals surface area contributed by atoms with Crippen LogP contribution in [0.2, 0.25) is 5.02 Å². The summed E-state index contributed by atoms with van der Waals surface area (Å²) in [6.45, 7) is 1.78.